The molecule has 0 heterocycles. The van der Waals surface area contributed by atoms with Crippen LogP contribution in [0.2, 0.25) is 0 Å². The molecule has 0 bridgehead atoms. The van der Waals surface area contributed by atoms with Crippen LogP contribution in [-0.4, -0.2) is 40.9 Å². The summed E-state index contributed by atoms with van der Waals surface area (Å²) in [7, 11) is 1.16. The Bertz CT molecular complexity index is 886. The molecule has 6 nitrogen and oxygen atoms in total. The summed E-state index contributed by atoms with van der Waals surface area (Å²) in [6, 6.07) is 10.5. The molecule has 26 heavy (non-hydrogen) atoms. The van der Waals surface area contributed by atoms with E-state index < -0.39 is 10.0 Å². The first-order valence-electron chi connectivity index (χ1n) is 8.06. The smallest absolute Gasteiger partial charge is 0.283 e. The first-order valence-corrected chi connectivity index (χ1v) is 9.50. The SMILES string of the molecule is COc1ccc(S(=O)(=O)N=CN(C)C)cc1COc1cc(C)cc(C)c1. The molecule has 0 N–H and O–H groups in total. The highest BCUT2D eigenvalue weighted by molar-refractivity contribution is 7.90. The molecular formula is C19H24N2O4S. The van der Waals surface area contributed by atoms with E-state index in [1.165, 1.54) is 25.6 Å². The lowest BCUT2D eigenvalue weighted by Gasteiger charge is -2.12. The molecule has 0 amide bonds. The molecule has 0 aliphatic heterocycles. The number of methoxy groups -OCH3 is 1. The minimum atomic E-state index is -3.78. The third-order valence-electron chi connectivity index (χ3n) is 3.56. The molecular weight excluding hydrogens is 352 g/mol. The average Bonchev–Trinajstić information content (AvgIpc) is 2.57. The van der Waals surface area contributed by atoms with Crippen molar-refractivity contribution in [1.82, 2.24) is 4.90 Å². The topological polar surface area (TPSA) is 68.2 Å². The van der Waals surface area contributed by atoms with Crippen LogP contribution in [0.5, 0.6) is 11.5 Å². The van der Waals surface area contributed by atoms with E-state index in [4.69, 9.17) is 9.47 Å². The van der Waals surface area contributed by atoms with Crippen molar-refractivity contribution < 1.29 is 17.9 Å². The highest BCUT2D eigenvalue weighted by Gasteiger charge is 2.16. The number of rotatable bonds is 7. The summed E-state index contributed by atoms with van der Waals surface area (Å²) in [6.45, 7) is 4.18. The Balaban J connectivity index is 2.29. The Morgan fingerprint density at radius 3 is 2.31 bits per heavy atom. The van der Waals surface area contributed by atoms with E-state index in [9.17, 15) is 8.42 Å². The van der Waals surface area contributed by atoms with Gasteiger partial charge in [0.2, 0.25) is 0 Å². The van der Waals surface area contributed by atoms with Crippen molar-refractivity contribution in [2.45, 2.75) is 25.3 Å². The van der Waals surface area contributed by atoms with E-state index in [1.54, 1.807) is 25.1 Å². The van der Waals surface area contributed by atoms with Gasteiger partial charge in [-0.3, -0.25) is 0 Å². The normalized spacial score (nSPS) is 11.6. The van der Waals surface area contributed by atoms with Crippen molar-refractivity contribution >= 4 is 16.4 Å². The largest absolute Gasteiger partial charge is 0.496 e. The molecule has 0 unspecified atom stereocenters. The molecule has 7 heteroatoms. The minimum absolute atomic E-state index is 0.0930. The number of sulfonamides is 1. The molecule has 0 aliphatic carbocycles. The molecule has 0 radical (unpaired) electrons. The highest BCUT2D eigenvalue weighted by Crippen LogP contribution is 2.26. The van der Waals surface area contributed by atoms with Crippen molar-refractivity contribution in [2.75, 3.05) is 21.2 Å². The standard InChI is InChI=1S/C19H24N2O4S/c1-14-8-15(2)10-17(9-14)25-12-16-11-18(6-7-19(16)24-5)26(22,23)20-13-21(3)4/h6-11,13H,12H2,1-5H3. The van der Waals surface area contributed by atoms with Gasteiger partial charge >= 0.3 is 0 Å². The van der Waals surface area contributed by atoms with Gasteiger partial charge < -0.3 is 14.4 Å². The summed E-state index contributed by atoms with van der Waals surface area (Å²) in [6.07, 6.45) is 1.26. The molecule has 0 spiro atoms. The molecule has 0 aliphatic rings. The Morgan fingerprint density at radius 1 is 1.08 bits per heavy atom. The van der Waals surface area contributed by atoms with Gasteiger partial charge in [0.15, 0.2) is 0 Å². The maximum Gasteiger partial charge on any atom is 0.283 e. The third-order valence-corrected chi connectivity index (χ3v) is 4.78. The van der Waals surface area contributed by atoms with Crippen LogP contribution < -0.4 is 9.47 Å². The number of aryl methyl sites for hydroxylation is 2. The lowest BCUT2D eigenvalue weighted by molar-refractivity contribution is 0.296. The fourth-order valence-electron chi connectivity index (χ4n) is 2.42. The third kappa shape index (κ3) is 5.23. The lowest BCUT2D eigenvalue weighted by Crippen LogP contribution is -2.10. The molecule has 2 aromatic rings. The molecule has 2 rings (SSSR count). The fourth-order valence-corrected chi connectivity index (χ4v) is 3.39. The predicted molar refractivity (Wildman–Crippen MR) is 103 cm³/mol. The van der Waals surface area contributed by atoms with Crippen molar-refractivity contribution in [2.24, 2.45) is 4.40 Å². The summed E-state index contributed by atoms with van der Waals surface area (Å²) in [5, 5.41) is 0. The molecule has 0 fully saturated rings. The van der Waals surface area contributed by atoms with Crippen LogP contribution in [0.3, 0.4) is 0 Å². The van der Waals surface area contributed by atoms with Gasteiger partial charge in [-0.2, -0.15) is 8.42 Å². The van der Waals surface area contributed by atoms with Crippen molar-refractivity contribution in [1.29, 1.82) is 0 Å². The quantitative estimate of drug-likeness (QED) is 0.548. The van der Waals surface area contributed by atoms with Crippen LogP contribution in [0.15, 0.2) is 45.7 Å². The highest BCUT2D eigenvalue weighted by atomic mass is 32.2. The second kappa shape index (κ2) is 8.23. The predicted octanol–water partition coefficient (Wildman–Crippen LogP) is 3.17. The van der Waals surface area contributed by atoms with Gasteiger partial charge in [0.05, 0.1) is 12.0 Å². The van der Waals surface area contributed by atoms with Gasteiger partial charge in [-0.25, -0.2) is 0 Å². The fraction of sp³-hybridized carbons (Fsp3) is 0.316. The minimum Gasteiger partial charge on any atom is -0.496 e. The Morgan fingerprint density at radius 2 is 1.73 bits per heavy atom. The van der Waals surface area contributed by atoms with Gasteiger partial charge in [-0.15, -0.1) is 4.40 Å². The second-order valence-electron chi connectivity index (χ2n) is 6.25. The van der Waals surface area contributed by atoms with Gasteiger partial charge in [-0.05, 0) is 55.3 Å². The summed E-state index contributed by atoms with van der Waals surface area (Å²) in [4.78, 5) is 1.65. The number of hydrogen-bond acceptors (Lipinski definition) is 4. The molecule has 0 saturated heterocycles. The van der Waals surface area contributed by atoms with Crippen LogP contribution in [0.1, 0.15) is 16.7 Å². The van der Waals surface area contributed by atoms with E-state index in [0.29, 0.717) is 11.3 Å². The Kier molecular flexibility index (Phi) is 6.26. The zero-order chi connectivity index (χ0) is 19.3. The maximum atomic E-state index is 12.3. The molecule has 0 aromatic heterocycles. The van der Waals surface area contributed by atoms with E-state index >= 15 is 0 Å². The van der Waals surface area contributed by atoms with Crippen LogP contribution >= 0.6 is 0 Å². The summed E-state index contributed by atoms with van der Waals surface area (Å²) < 4.78 is 39.5. The van der Waals surface area contributed by atoms with Crippen LogP contribution in [0.4, 0.5) is 0 Å². The first-order chi connectivity index (χ1) is 12.2. The van der Waals surface area contributed by atoms with Crippen molar-refractivity contribution in [3.63, 3.8) is 0 Å². The zero-order valence-electron chi connectivity index (χ0n) is 15.7. The van der Waals surface area contributed by atoms with Crippen molar-refractivity contribution in [3.05, 3.63) is 53.1 Å². The van der Waals surface area contributed by atoms with E-state index in [-0.39, 0.29) is 11.5 Å². The Hall–Kier alpha value is -2.54. The van der Waals surface area contributed by atoms with E-state index in [0.717, 1.165) is 16.9 Å². The van der Waals surface area contributed by atoms with Crippen LogP contribution in [-0.2, 0) is 16.6 Å². The van der Waals surface area contributed by atoms with E-state index in [1.807, 2.05) is 26.0 Å². The van der Waals surface area contributed by atoms with E-state index in [2.05, 4.69) is 10.5 Å². The number of nitrogens with zero attached hydrogens (tertiary/aromatic N) is 2. The molecule has 140 valence electrons. The van der Waals surface area contributed by atoms with Gasteiger partial charge in [-0.1, -0.05) is 6.07 Å². The number of hydrogen-bond donors (Lipinski definition) is 0. The summed E-state index contributed by atoms with van der Waals surface area (Å²) in [5.74, 6) is 1.29. The summed E-state index contributed by atoms with van der Waals surface area (Å²) in [5.41, 5.74) is 2.83. The lowest BCUT2D eigenvalue weighted by atomic mass is 10.1. The van der Waals surface area contributed by atoms with Crippen LogP contribution in [0, 0.1) is 13.8 Å². The maximum absolute atomic E-state index is 12.3. The van der Waals surface area contributed by atoms with Crippen LogP contribution in [0.25, 0.3) is 0 Å². The Labute approximate surface area is 155 Å². The van der Waals surface area contributed by atoms with Crippen molar-refractivity contribution in [3.8, 4) is 11.5 Å². The molecule has 0 saturated carbocycles. The average molecular weight is 376 g/mol. The van der Waals surface area contributed by atoms with Gasteiger partial charge in [0.25, 0.3) is 10.0 Å². The summed E-state index contributed by atoms with van der Waals surface area (Å²) >= 11 is 0. The molecule has 0 atom stereocenters. The molecule has 2 aromatic carbocycles. The second-order valence-corrected chi connectivity index (χ2v) is 7.88. The van der Waals surface area contributed by atoms with Gasteiger partial charge in [0, 0.05) is 19.7 Å². The monoisotopic (exact) mass is 376 g/mol. The van der Waals surface area contributed by atoms with Gasteiger partial charge in [0.1, 0.15) is 24.4 Å². The first kappa shape index (κ1) is 19.8. The number of benzene rings is 2. The zero-order valence-corrected chi connectivity index (χ0v) is 16.5. The number of ether oxygens (including phenoxy) is 2.